The Kier molecular flexibility index (Phi) is 12.0. The van der Waals surface area contributed by atoms with Crippen molar-refractivity contribution in [2.24, 2.45) is 10.9 Å². The first-order valence-electron chi connectivity index (χ1n) is 9.41. The molecule has 0 unspecified atom stereocenters. The van der Waals surface area contributed by atoms with Crippen LogP contribution >= 0.6 is 47.1 Å². The van der Waals surface area contributed by atoms with Crippen molar-refractivity contribution in [2.75, 3.05) is 19.8 Å². The fraction of sp³-hybridized carbons (Fsp3) is 0.667. The van der Waals surface area contributed by atoms with E-state index in [1.165, 1.54) is 4.88 Å². The number of aryl methyl sites for hydroxylation is 2. The number of hydrogen-bond donors (Lipinski definition) is 2. The summed E-state index contributed by atoms with van der Waals surface area (Å²) in [4.78, 5) is 10.0. The third-order valence-corrected chi connectivity index (χ3v) is 5.78. The van der Waals surface area contributed by atoms with Crippen LogP contribution in [0.15, 0.2) is 16.3 Å². The second-order valence-corrected chi connectivity index (χ2v) is 8.61. The summed E-state index contributed by atoms with van der Waals surface area (Å²) >= 11 is 3.40. The molecule has 0 fully saturated rings. The molecule has 0 atom stereocenters. The van der Waals surface area contributed by atoms with Gasteiger partial charge in [-0.1, -0.05) is 32.5 Å². The van der Waals surface area contributed by atoms with E-state index in [2.05, 4.69) is 56.1 Å². The fourth-order valence-electron chi connectivity index (χ4n) is 2.63. The number of halogens is 1. The number of thiazole rings is 1. The summed E-state index contributed by atoms with van der Waals surface area (Å²) in [6.07, 6.45) is 6.91. The van der Waals surface area contributed by atoms with Crippen molar-refractivity contribution in [1.82, 2.24) is 30.4 Å². The Morgan fingerprint density at radius 2 is 2.11 bits per heavy atom. The second-order valence-electron chi connectivity index (χ2n) is 6.64. The summed E-state index contributed by atoms with van der Waals surface area (Å²) in [6.45, 7) is 9.08. The van der Waals surface area contributed by atoms with Gasteiger partial charge in [0.1, 0.15) is 10.8 Å². The van der Waals surface area contributed by atoms with Crippen molar-refractivity contribution in [3.05, 3.63) is 21.9 Å². The zero-order valence-corrected chi connectivity index (χ0v) is 21.3. The molecule has 158 valence electrons. The summed E-state index contributed by atoms with van der Waals surface area (Å²) in [6, 6.07) is 0. The highest BCUT2D eigenvalue weighted by Crippen LogP contribution is 2.16. The SMILES string of the molecule is CCc1cnc(CNC(=NC)NCCCc2nnc(SC)n2CC(C)C)s1.I. The molecule has 10 heteroatoms. The Morgan fingerprint density at radius 1 is 1.32 bits per heavy atom. The molecule has 0 saturated carbocycles. The van der Waals surface area contributed by atoms with E-state index in [0.717, 1.165) is 54.3 Å². The van der Waals surface area contributed by atoms with E-state index >= 15 is 0 Å². The molecule has 0 aliphatic rings. The van der Waals surface area contributed by atoms with Gasteiger partial charge in [0.15, 0.2) is 11.1 Å². The number of nitrogens with zero attached hydrogens (tertiary/aromatic N) is 5. The molecule has 0 amide bonds. The quantitative estimate of drug-likeness (QED) is 0.159. The van der Waals surface area contributed by atoms with Crippen LogP contribution in [0.4, 0.5) is 0 Å². The summed E-state index contributed by atoms with van der Waals surface area (Å²) in [5, 5.41) is 17.4. The average molecular weight is 538 g/mol. The Bertz CT molecular complexity index is 727. The number of nitrogens with one attached hydrogen (secondary N) is 2. The lowest BCUT2D eigenvalue weighted by Crippen LogP contribution is -2.37. The van der Waals surface area contributed by atoms with Crippen LogP contribution in [-0.2, 0) is 25.9 Å². The number of aliphatic imine (C=N–C) groups is 1. The minimum Gasteiger partial charge on any atom is -0.356 e. The van der Waals surface area contributed by atoms with Crippen LogP contribution in [0.5, 0.6) is 0 Å². The minimum absolute atomic E-state index is 0. The molecule has 0 bridgehead atoms. The molecule has 28 heavy (non-hydrogen) atoms. The first-order valence-corrected chi connectivity index (χ1v) is 11.5. The first kappa shape index (κ1) is 25.2. The topological polar surface area (TPSA) is 80.0 Å². The van der Waals surface area contributed by atoms with E-state index in [1.54, 1.807) is 30.1 Å². The van der Waals surface area contributed by atoms with E-state index in [4.69, 9.17) is 0 Å². The molecular formula is C18H32IN7S2. The van der Waals surface area contributed by atoms with Gasteiger partial charge in [0.25, 0.3) is 0 Å². The first-order chi connectivity index (χ1) is 13.1. The van der Waals surface area contributed by atoms with Gasteiger partial charge in [0.2, 0.25) is 0 Å². The lowest BCUT2D eigenvalue weighted by Gasteiger charge is -2.13. The van der Waals surface area contributed by atoms with Gasteiger partial charge in [-0.05, 0) is 25.0 Å². The van der Waals surface area contributed by atoms with Crippen LogP contribution in [0.3, 0.4) is 0 Å². The molecule has 0 aromatic carbocycles. The highest BCUT2D eigenvalue weighted by atomic mass is 127. The van der Waals surface area contributed by atoms with Crippen molar-refractivity contribution in [2.45, 2.75) is 58.3 Å². The molecule has 0 saturated heterocycles. The molecular weight excluding hydrogens is 505 g/mol. The number of thioether (sulfide) groups is 1. The van der Waals surface area contributed by atoms with Crippen molar-refractivity contribution >= 4 is 53.0 Å². The highest BCUT2D eigenvalue weighted by Gasteiger charge is 2.12. The lowest BCUT2D eigenvalue weighted by atomic mass is 10.2. The van der Waals surface area contributed by atoms with Gasteiger partial charge in [0.05, 0.1) is 6.54 Å². The van der Waals surface area contributed by atoms with Crippen LogP contribution in [-0.4, -0.2) is 45.6 Å². The van der Waals surface area contributed by atoms with Gasteiger partial charge >= 0.3 is 0 Å². The van der Waals surface area contributed by atoms with Gasteiger partial charge in [-0.25, -0.2) is 4.98 Å². The lowest BCUT2D eigenvalue weighted by molar-refractivity contribution is 0.477. The second kappa shape index (κ2) is 13.4. The number of guanidine groups is 1. The third-order valence-electron chi connectivity index (χ3n) is 3.97. The Morgan fingerprint density at radius 3 is 2.71 bits per heavy atom. The van der Waals surface area contributed by atoms with Crippen molar-refractivity contribution < 1.29 is 0 Å². The summed E-state index contributed by atoms with van der Waals surface area (Å²) < 4.78 is 2.25. The molecule has 0 spiro atoms. The molecule has 0 aliphatic heterocycles. The maximum absolute atomic E-state index is 4.43. The Hall–Kier alpha value is -0.880. The van der Waals surface area contributed by atoms with E-state index in [0.29, 0.717) is 12.5 Å². The van der Waals surface area contributed by atoms with E-state index in [1.807, 2.05) is 12.5 Å². The predicted octanol–water partition coefficient (Wildman–Crippen LogP) is 3.59. The number of hydrogen-bond acceptors (Lipinski definition) is 6. The summed E-state index contributed by atoms with van der Waals surface area (Å²) in [5.74, 6) is 2.44. The predicted molar refractivity (Wildman–Crippen MR) is 130 cm³/mol. The van der Waals surface area contributed by atoms with Crippen molar-refractivity contribution in [3.8, 4) is 0 Å². The van der Waals surface area contributed by atoms with Crippen molar-refractivity contribution in [1.29, 1.82) is 0 Å². The molecule has 2 aromatic rings. The number of rotatable bonds is 10. The number of aromatic nitrogens is 4. The minimum atomic E-state index is 0. The Labute approximate surface area is 193 Å². The molecule has 0 aliphatic carbocycles. The molecule has 2 heterocycles. The molecule has 2 aromatic heterocycles. The van der Waals surface area contributed by atoms with Crippen LogP contribution in [0.25, 0.3) is 0 Å². The van der Waals surface area contributed by atoms with Gasteiger partial charge in [0, 0.05) is 37.6 Å². The van der Waals surface area contributed by atoms with Gasteiger partial charge in [-0.15, -0.1) is 45.5 Å². The highest BCUT2D eigenvalue weighted by molar-refractivity contribution is 14.0. The summed E-state index contributed by atoms with van der Waals surface area (Å²) in [5.41, 5.74) is 0. The van der Waals surface area contributed by atoms with Gasteiger partial charge in [-0.2, -0.15) is 0 Å². The van der Waals surface area contributed by atoms with Gasteiger partial charge < -0.3 is 15.2 Å². The molecule has 7 nitrogen and oxygen atoms in total. The normalized spacial score (nSPS) is 11.6. The molecule has 2 N–H and O–H groups in total. The molecule has 2 rings (SSSR count). The van der Waals surface area contributed by atoms with Crippen LogP contribution in [0.2, 0.25) is 0 Å². The smallest absolute Gasteiger partial charge is 0.191 e. The average Bonchev–Trinajstić information content (AvgIpc) is 3.27. The van der Waals surface area contributed by atoms with E-state index in [9.17, 15) is 0 Å². The zero-order valence-electron chi connectivity index (χ0n) is 17.4. The maximum Gasteiger partial charge on any atom is 0.191 e. The van der Waals surface area contributed by atoms with Crippen LogP contribution < -0.4 is 10.6 Å². The van der Waals surface area contributed by atoms with Gasteiger partial charge in [-0.3, -0.25) is 4.99 Å². The maximum atomic E-state index is 4.43. The van der Waals surface area contributed by atoms with E-state index < -0.39 is 0 Å². The third kappa shape index (κ3) is 7.86. The summed E-state index contributed by atoms with van der Waals surface area (Å²) in [7, 11) is 1.79. The van der Waals surface area contributed by atoms with E-state index in [-0.39, 0.29) is 24.0 Å². The fourth-order valence-corrected chi connectivity index (χ4v) is 3.95. The standard InChI is InChI=1S/C18H31N7S2.HI/c1-6-14-10-21-16(27-14)11-22-17(19-4)20-9-7-8-15-23-24-18(26-5)25(15)12-13(2)3;/h10,13H,6-9,11-12H2,1-5H3,(H2,19,20,22);1H. The monoisotopic (exact) mass is 537 g/mol. The van der Waals surface area contributed by atoms with Crippen LogP contribution in [0.1, 0.15) is 42.9 Å². The van der Waals surface area contributed by atoms with Crippen molar-refractivity contribution in [3.63, 3.8) is 0 Å². The zero-order chi connectivity index (χ0) is 19.6. The largest absolute Gasteiger partial charge is 0.356 e. The Balaban J connectivity index is 0.00000392. The van der Waals surface area contributed by atoms with Crippen LogP contribution in [0, 0.1) is 5.92 Å². The molecule has 0 radical (unpaired) electrons.